The Kier molecular flexibility index (Phi) is 12.2. The van der Waals surface area contributed by atoms with E-state index in [4.69, 9.17) is 9.73 Å². The molecule has 0 saturated heterocycles. The predicted octanol–water partition coefficient (Wildman–Crippen LogP) is 5.49. The summed E-state index contributed by atoms with van der Waals surface area (Å²) < 4.78 is 4.98. The molecule has 0 amide bonds. The van der Waals surface area contributed by atoms with Crippen molar-refractivity contribution in [2.75, 3.05) is 13.2 Å². The highest BCUT2D eigenvalue weighted by Gasteiger charge is 2.21. The van der Waals surface area contributed by atoms with Gasteiger partial charge in [0, 0.05) is 31.3 Å². The van der Waals surface area contributed by atoms with Crippen molar-refractivity contribution in [2.24, 2.45) is 15.9 Å². The molecule has 1 unspecified atom stereocenters. The van der Waals surface area contributed by atoms with Crippen molar-refractivity contribution in [3.05, 3.63) is 24.2 Å². The van der Waals surface area contributed by atoms with Gasteiger partial charge in [0.1, 0.15) is 11.7 Å². The number of unbranched alkanes of at least 4 members (excludes halogenated alkanes) is 3. The Labute approximate surface area is 165 Å². The van der Waals surface area contributed by atoms with Crippen molar-refractivity contribution in [2.45, 2.75) is 79.1 Å². The molecule has 0 aromatic rings. The van der Waals surface area contributed by atoms with Gasteiger partial charge in [0.2, 0.25) is 0 Å². The lowest BCUT2D eigenvalue weighted by Crippen LogP contribution is -2.36. The number of hydrogen-bond acceptors (Lipinski definition) is 5. The largest absolute Gasteiger partial charge is 0.466 e. The number of esters is 1. The number of carbonyl (C=O) groups is 1. The molecule has 0 aromatic carbocycles. The van der Waals surface area contributed by atoms with Crippen LogP contribution >= 0.6 is 0 Å². The summed E-state index contributed by atoms with van der Waals surface area (Å²) in [4.78, 5) is 23.1. The third-order valence-corrected chi connectivity index (χ3v) is 4.41. The Hall–Kier alpha value is -1.91. The molecule has 0 spiro atoms. The lowest BCUT2D eigenvalue weighted by atomic mass is 10.0. The van der Waals surface area contributed by atoms with E-state index in [9.17, 15) is 4.79 Å². The van der Waals surface area contributed by atoms with E-state index in [0.717, 1.165) is 63.1 Å². The monoisotopic (exact) mass is 375 g/mol. The van der Waals surface area contributed by atoms with Gasteiger partial charge >= 0.3 is 5.97 Å². The fourth-order valence-electron chi connectivity index (χ4n) is 3.03. The number of ether oxygens (including phenoxy) is 1. The molecule has 5 heteroatoms. The fraction of sp³-hybridized carbons (Fsp3) is 0.682. The van der Waals surface area contributed by atoms with Crippen molar-refractivity contribution in [3.63, 3.8) is 0 Å². The molecule has 0 bridgehead atoms. The Balaban J connectivity index is 2.65. The summed E-state index contributed by atoms with van der Waals surface area (Å²) in [5.74, 6) is 2.43. The molecular weight excluding hydrogens is 338 g/mol. The van der Waals surface area contributed by atoms with E-state index < -0.39 is 0 Å². The second-order valence-electron chi connectivity index (χ2n) is 6.82. The highest BCUT2D eigenvalue weighted by Crippen LogP contribution is 2.21. The van der Waals surface area contributed by atoms with Crippen molar-refractivity contribution in [1.82, 2.24) is 4.90 Å². The maximum atomic E-state index is 11.4. The Morgan fingerprint density at radius 1 is 1.26 bits per heavy atom. The van der Waals surface area contributed by atoms with Crippen molar-refractivity contribution in [3.8, 4) is 0 Å². The molecule has 1 atom stereocenters. The number of rotatable bonds is 12. The zero-order valence-corrected chi connectivity index (χ0v) is 17.6. The van der Waals surface area contributed by atoms with Crippen LogP contribution in [0.15, 0.2) is 34.2 Å². The smallest absolute Gasteiger partial charge is 0.305 e. The zero-order valence-electron chi connectivity index (χ0n) is 17.6. The molecule has 1 aliphatic rings. The van der Waals surface area contributed by atoms with E-state index >= 15 is 0 Å². The molecule has 0 radical (unpaired) electrons. The SMILES string of the molecule is CC/C=N\C(=C/CC)N(CCCCCCC(=O)OCC)C1=NC=CCC1C. The zero-order chi connectivity index (χ0) is 19.9. The summed E-state index contributed by atoms with van der Waals surface area (Å²) in [5.41, 5.74) is 0. The normalized spacial score (nSPS) is 17.3. The average molecular weight is 376 g/mol. The first-order valence-electron chi connectivity index (χ1n) is 10.5. The van der Waals surface area contributed by atoms with Gasteiger partial charge in [-0.1, -0.05) is 39.7 Å². The van der Waals surface area contributed by atoms with Crippen LogP contribution in [0.1, 0.15) is 79.1 Å². The Morgan fingerprint density at radius 3 is 2.70 bits per heavy atom. The second-order valence-corrected chi connectivity index (χ2v) is 6.82. The van der Waals surface area contributed by atoms with Crippen LogP contribution in [-0.4, -0.2) is 36.1 Å². The molecule has 0 saturated carbocycles. The Bertz CT molecular complexity index is 550. The minimum atomic E-state index is -0.0848. The summed E-state index contributed by atoms with van der Waals surface area (Å²) in [6.07, 6.45) is 15.7. The fourth-order valence-corrected chi connectivity index (χ4v) is 3.03. The van der Waals surface area contributed by atoms with Crippen LogP contribution in [0.3, 0.4) is 0 Å². The predicted molar refractivity (Wildman–Crippen MR) is 114 cm³/mol. The lowest BCUT2D eigenvalue weighted by Gasteiger charge is -2.30. The molecule has 27 heavy (non-hydrogen) atoms. The highest BCUT2D eigenvalue weighted by molar-refractivity contribution is 5.87. The number of amidine groups is 1. The Morgan fingerprint density at radius 2 is 2.04 bits per heavy atom. The van der Waals surface area contributed by atoms with E-state index in [2.05, 4.69) is 42.8 Å². The topological polar surface area (TPSA) is 54.3 Å². The summed E-state index contributed by atoms with van der Waals surface area (Å²) in [6, 6.07) is 0. The maximum absolute atomic E-state index is 11.4. The third-order valence-electron chi connectivity index (χ3n) is 4.41. The van der Waals surface area contributed by atoms with Gasteiger partial charge in [-0.25, -0.2) is 9.98 Å². The van der Waals surface area contributed by atoms with Gasteiger partial charge in [0.05, 0.1) is 6.61 Å². The summed E-state index contributed by atoms with van der Waals surface area (Å²) in [5, 5.41) is 0. The summed E-state index contributed by atoms with van der Waals surface area (Å²) in [6.45, 7) is 9.68. The number of carbonyl (C=O) groups excluding carboxylic acids is 1. The van der Waals surface area contributed by atoms with Gasteiger partial charge in [-0.3, -0.25) is 4.79 Å². The van der Waals surface area contributed by atoms with Gasteiger partial charge in [-0.15, -0.1) is 0 Å². The summed E-state index contributed by atoms with van der Waals surface area (Å²) >= 11 is 0. The van der Waals surface area contributed by atoms with Gasteiger partial charge in [-0.05, 0) is 45.1 Å². The number of nitrogens with zero attached hydrogens (tertiary/aromatic N) is 3. The minimum absolute atomic E-state index is 0.0848. The average Bonchev–Trinajstić information content (AvgIpc) is 2.66. The van der Waals surface area contributed by atoms with E-state index in [0.29, 0.717) is 18.9 Å². The second kappa shape index (κ2) is 14.2. The molecule has 0 aromatic heterocycles. The number of aliphatic imine (C=N–C) groups is 2. The first kappa shape index (κ1) is 23.1. The molecule has 0 N–H and O–H groups in total. The molecular formula is C22H37N3O2. The molecule has 0 fully saturated rings. The summed E-state index contributed by atoms with van der Waals surface area (Å²) in [7, 11) is 0. The maximum Gasteiger partial charge on any atom is 0.305 e. The van der Waals surface area contributed by atoms with E-state index in [1.807, 2.05) is 19.3 Å². The van der Waals surface area contributed by atoms with Crippen LogP contribution in [-0.2, 0) is 9.53 Å². The van der Waals surface area contributed by atoms with Crippen LogP contribution in [0.4, 0.5) is 0 Å². The molecule has 1 rings (SSSR count). The molecule has 1 heterocycles. The number of allylic oxidation sites excluding steroid dienone is 2. The van der Waals surface area contributed by atoms with Crippen LogP contribution < -0.4 is 0 Å². The quantitative estimate of drug-likeness (QED) is 0.258. The van der Waals surface area contributed by atoms with Crippen LogP contribution in [0.2, 0.25) is 0 Å². The van der Waals surface area contributed by atoms with E-state index in [-0.39, 0.29) is 5.97 Å². The van der Waals surface area contributed by atoms with E-state index in [1.165, 1.54) is 0 Å². The molecule has 152 valence electrons. The number of hydrogen-bond donors (Lipinski definition) is 0. The van der Waals surface area contributed by atoms with Crippen LogP contribution in [0.5, 0.6) is 0 Å². The minimum Gasteiger partial charge on any atom is -0.466 e. The van der Waals surface area contributed by atoms with Gasteiger partial charge in [-0.2, -0.15) is 0 Å². The highest BCUT2D eigenvalue weighted by atomic mass is 16.5. The van der Waals surface area contributed by atoms with Crippen LogP contribution in [0.25, 0.3) is 0 Å². The van der Waals surface area contributed by atoms with Gasteiger partial charge in [0.25, 0.3) is 0 Å². The first-order chi connectivity index (χ1) is 13.1. The molecule has 1 aliphatic heterocycles. The lowest BCUT2D eigenvalue weighted by molar-refractivity contribution is -0.143. The van der Waals surface area contributed by atoms with Crippen LogP contribution in [0, 0.1) is 5.92 Å². The third kappa shape index (κ3) is 9.03. The standard InChI is InChI=1S/C22H37N3O2/c1-5-13-20(23-16-6-2)25(22-19(4)14-12-17-24-22)18-11-9-8-10-15-21(26)27-7-3/h12-13,16-17,19H,5-11,14-15,18H2,1-4H3/b20-13+,23-16-. The van der Waals surface area contributed by atoms with E-state index in [1.54, 1.807) is 0 Å². The molecule has 5 nitrogen and oxygen atoms in total. The van der Waals surface area contributed by atoms with Gasteiger partial charge in [0.15, 0.2) is 0 Å². The van der Waals surface area contributed by atoms with Crippen molar-refractivity contribution < 1.29 is 9.53 Å². The van der Waals surface area contributed by atoms with Crippen molar-refractivity contribution in [1.29, 1.82) is 0 Å². The first-order valence-corrected chi connectivity index (χ1v) is 10.5. The van der Waals surface area contributed by atoms with Gasteiger partial charge < -0.3 is 9.64 Å². The van der Waals surface area contributed by atoms with Crippen molar-refractivity contribution >= 4 is 18.0 Å². The molecule has 0 aliphatic carbocycles.